The van der Waals surface area contributed by atoms with Crippen molar-refractivity contribution >= 4 is 48.1 Å². The number of ether oxygens (including phenoxy) is 2. The van der Waals surface area contributed by atoms with E-state index in [9.17, 15) is 9.90 Å². The Morgan fingerprint density at radius 3 is 2.55 bits per heavy atom. The number of aromatic nitrogens is 3. The Morgan fingerprint density at radius 2 is 1.81 bits per heavy atom. The van der Waals surface area contributed by atoms with Crippen molar-refractivity contribution in [2.45, 2.75) is 63.2 Å². The molecular weight excluding hydrogens is 706 g/mol. The highest BCUT2D eigenvalue weighted by molar-refractivity contribution is 6.91. The standard InChI is InChI=1S/C41H44ClN5O5Si/c1-27-38(53(3,4)34-16-14-33(51-2)15-17-34)37(19-21-46-26-32(20-22-48)44-45-46)52-41(27)35-24-30(42)13-18-36(35)47(40(41)50)25-28-9-8-12-31(23-28)43-39(49)29-10-6-5-7-11-29/h5-18,23-24,26-27,37-38,48H,19-22,25H2,1-4H3,(H,43,49)/t27-,37+,38-,41+/m0/s1. The van der Waals surface area contributed by atoms with Gasteiger partial charge in [0.15, 0.2) is 5.60 Å². The molecule has 2 N–H and O–H groups in total. The third kappa shape index (κ3) is 6.90. The topological polar surface area (TPSA) is 119 Å². The van der Waals surface area contributed by atoms with Gasteiger partial charge >= 0.3 is 0 Å². The van der Waals surface area contributed by atoms with Crippen molar-refractivity contribution in [3.05, 3.63) is 131 Å². The van der Waals surface area contributed by atoms with Crippen LogP contribution in [0.2, 0.25) is 23.7 Å². The number of aliphatic hydroxyl groups is 1. The first kappa shape index (κ1) is 36.5. The molecule has 1 spiro atoms. The van der Waals surface area contributed by atoms with Crippen LogP contribution in [0.4, 0.5) is 11.4 Å². The van der Waals surface area contributed by atoms with Crippen molar-refractivity contribution < 1.29 is 24.2 Å². The lowest BCUT2D eigenvalue weighted by atomic mass is 9.82. The van der Waals surface area contributed by atoms with Crippen molar-refractivity contribution in [3.8, 4) is 5.75 Å². The Balaban J connectivity index is 1.23. The van der Waals surface area contributed by atoms with Crippen LogP contribution >= 0.6 is 11.6 Å². The summed E-state index contributed by atoms with van der Waals surface area (Å²) in [6.07, 6.45) is 2.62. The highest BCUT2D eigenvalue weighted by Crippen LogP contribution is 2.60. The highest BCUT2D eigenvalue weighted by atomic mass is 35.5. The number of hydrogen-bond donors (Lipinski definition) is 2. The average Bonchev–Trinajstić information content (AvgIpc) is 3.81. The van der Waals surface area contributed by atoms with E-state index in [1.807, 2.05) is 79.0 Å². The monoisotopic (exact) mass is 749 g/mol. The summed E-state index contributed by atoms with van der Waals surface area (Å²) in [7, 11) is -0.698. The van der Waals surface area contributed by atoms with E-state index in [1.54, 1.807) is 28.8 Å². The molecule has 53 heavy (non-hydrogen) atoms. The molecule has 0 saturated carbocycles. The number of nitrogens with zero attached hydrogens (tertiary/aromatic N) is 4. The van der Waals surface area contributed by atoms with E-state index in [0.29, 0.717) is 35.7 Å². The first-order chi connectivity index (χ1) is 25.5. The number of methoxy groups -OCH3 is 1. The Bertz CT molecular complexity index is 2110. The van der Waals surface area contributed by atoms with Crippen LogP contribution in [0.3, 0.4) is 0 Å². The van der Waals surface area contributed by atoms with E-state index >= 15 is 4.79 Å². The zero-order valence-electron chi connectivity index (χ0n) is 30.3. The number of anilines is 2. The number of aryl methyl sites for hydroxylation is 1. The minimum absolute atomic E-state index is 0.00138. The second-order valence-corrected chi connectivity index (χ2v) is 19.6. The molecule has 2 amide bonds. The molecule has 10 nitrogen and oxygen atoms in total. The maximum atomic E-state index is 15.2. The Labute approximate surface area is 315 Å². The Hall–Kier alpha value is -4.81. The molecule has 1 saturated heterocycles. The number of fused-ring (bicyclic) bond motifs is 2. The van der Waals surface area contributed by atoms with Gasteiger partial charge < -0.3 is 24.8 Å². The van der Waals surface area contributed by atoms with Crippen LogP contribution in [0.5, 0.6) is 5.75 Å². The van der Waals surface area contributed by atoms with Crippen molar-refractivity contribution in [1.29, 1.82) is 0 Å². The summed E-state index contributed by atoms with van der Waals surface area (Å²) in [4.78, 5) is 29.9. The van der Waals surface area contributed by atoms with Crippen LogP contribution in [-0.4, -0.2) is 59.8 Å². The summed E-state index contributed by atoms with van der Waals surface area (Å²) in [6.45, 7) is 7.68. The Kier molecular flexibility index (Phi) is 10.3. The molecule has 3 heterocycles. The number of carbonyl (C=O) groups is 2. The molecule has 0 radical (unpaired) electrons. The molecule has 12 heteroatoms. The van der Waals surface area contributed by atoms with Crippen LogP contribution in [0.1, 0.15) is 40.5 Å². The molecule has 4 aromatic carbocycles. The SMILES string of the molecule is COc1ccc([Si](C)(C)[C@@H]2[C@@H](CCn3cc(CCO)nn3)O[C@]3(C(=O)N(Cc4cccc(NC(=O)c5ccccc5)c4)c4ccc(Cl)cc43)[C@H]2C)cc1. The third-order valence-electron chi connectivity index (χ3n) is 11.0. The van der Waals surface area contributed by atoms with Gasteiger partial charge in [-0.25, -0.2) is 0 Å². The van der Waals surface area contributed by atoms with E-state index < -0.39 is 13.7 Å². The van der Waals surface area contributed by atoms with E-state index in [2.05, 4.69) is 47.8 Å². The van der Waals surface area contributed by atoms with Crippen molar-refractivity contribution in [2.75, 3.05) is 23.9 Å². The second-order valence-electron chi connectivity index (χ2n) is 14.5. The largest absolute Gasteiger partial charge is 0.497 e. The fourth-order valence-electron chi connectivity index (χ4n) is 8.37. The molecule has 0 unspecified atom stereocenters. The smallest absolute Gasteiger partial charge is 0.264 e. The Morgan fingerprint density at radius 1 is 1.04 bits per heavy atom. The molecule has 2 aliphatic heterocycles. The molecule has 0 aliphatic carbocycles. The predicted molar refractivity (Wildman–Crippen MR) is 208 cm³/mol. The van der Waals surface area contributed by atoms with Crippen LogP contribution in [0.15, 0.2) is 103 Å². The highest BCUT2D eigenvalue weighted by Gasteiger charge is 2.66. The van der Waals surface area contributed by atoms with Gasteiger partial charge in [-0.05, 0) is 72.1 Å². The van der Waals surface area contributed by atoms with Crippen LogP contribution in [0.25, 0.3) is 0 Å². The predicted octanol–water partition coefficient (Wildman–Crippen LogP) is 6.58. The van der Waals surface area contributed by atoms with Gasteiger partial charge in [-0.15, -0.1) is 5.10 Å². The summed E-state index contributed by atoms with van der Waals surface area (Å²) in [5.41, 5.74) is 3.09. The van der Waals surface area contributed by atoms with Crippen molar-refractivity contribution in [1.82, 2.24) is 15.0 Å². The number of benzene rings is 4. The lowest BCUT2D eigenvalue weighted by Crippen LogP contribution is -2.51. The normalized spacial score (nSPS) is 20.9. The van der Waals surface area contributed by atoms with Gasteiger partial charge in [0.1, 0.15) is 5.75 Å². The molecule has 1 fully saturated rings. The van der Waals surface area contributed by atoms with Gasteiger partial charge in [0, 0.05) is 53.5 Å². The summed E-state index contributed by atoms with van der Waals surface area (Å²) < 4.78 is 14.5. The first-order valence-corrected chi connectivity index (χ1v) is 21.4. The molecule has 0 bridgehead atoms. The van der Waals surface area contributed by atoms with Gasteiger partial charge in [-0.2, -0.15) is 0 Å². The van der Waals surface area contributed by atoms with E-state index in [-0.39, 0.29) is 42.5 Å². The number of nitrogens with one attached hydrogen (secondary N) is 1. The van der Waals surface area contributed by atoms with E-state index in [1.165, 1.54) is 5.19 Å². The minimum atomic E-state index is -2.36. The summed E-state index contributed by atoms with van der Waals surface area (Å²) in [5.74, 6) is 0.256. The van der Waals surface area contributed by atoms with Gasteiger partial charge in [0.2, 0.25) is 0 Å². The molecule has 1 aromatic heterocycles. The molecule has 274 valence electrons. The number of amides is 2. The first-order valence-electron chi connectivity index (χ1n) is 17.9. The van der Waals surface area contributed by atoms with Gasteiger partial charge in [0.05, 0.1) is 39.2 Å². The molecule has 2 aliphatic rings. The molecule has 7 rings (SSSR count). The number of aliphatic hydroxyl groups excluding tert-OH is 1. The van der Waals surface area contributed by atoms with Crippen LogP contribution in [0, 0.1) is 5.92 Å². The number of hydrogen-bond acceptors (Lipinski definition) is 7. The molecule has 5 aromatic rings. The maximum absolute atomic E-state index is 15.2. The van der Waals surface area contributed by atoms with Crippen molar-refractivity contribution in [2.24, 2.45) is 5.92 Å². The van der Waals surface area contributed by atoms with Gasteiger partial charge in [0.25, 0.3) is 11.8 Å². The number of halogens is 1. The van der Waals surface area contributed by atoms with Crippen LogP contribution < -0.4 is 20.1 Å². The second kappa shape index (κ2) is 14.9. The summed E-state index contributed by atoms with van der Waals surface area (Å²) >= 11 is 6.70. The summed E-state index contributed by atoms with van der Waals surface area (Å²) in [5, 5.41) is 22.7. The molecular formula is C41H44ClN5O5Si. The summed E-state index contributed by atoms with van der Waals surface area (Å²) in [6, 6.07) is 30.6. The zero-order valence-corrected chi connectivity index (χ0v) is 32.1. The fraction of sp³-hybridized carbons (Fsp3) is 0.317. The van der Waals surface area contributed by atoms with Crippen molar-refractivity contribution in [3.63, 3.8) is 0 Å². The average molecular weight is 750 g/mol. The van der Waals surface area contributed by atoms with Crippen LogP contribution in [-0.2, 0) is 34.6 Å². The number of carbonyl (C=O) groups excluding carboxylic acids is 2. The van der Waals surface area contributed by atoms with E-state index in [4.69, 9.17) is 21.1 Å². The quantitative estimate of drug-likeness (QED) is 0.138. The van der Waals surface area contributed by atoms with Gasteiger partial charge in [-0.3, -0.25) is 14.3 Å². The van der Waals surface area contributed by atoms with E-state index in [0.717, 1.165) is 28.3 Å². The fourth-order valence-corrected chi connectivity index (χ4v) is 12.6. The lowest BCUT2D eigenvalue weighted by Gasteiger charge is -2.37. The molecule has 4 atom stereocenters. The zero-order chi connectivity index (χ0) is 37.3. The minimum Gasteiger partial charge on any atom is -0.497 e. The van der Waals surface area contributed by atoms with Gasteiger partial charge in [-0.1, -0.05) is 84.5 Å². The third-order valence-corrected chi connectivity index (χ3v) is 15.6. The number of rotatable bonds is 12. The lowest BCUT2D eigenvalue weighted by molar-refractivity contribution is -0.146. The maximum Gasteiger partial charge on any atom is 0.264 e.